The van der Waals surface area contributed by atoms with Crippen molar-refractivity contribution < 1.29 is 14.6 Å². The largest absolute Gasteiger partial charge is 0.489 e. The van der Waals surface area contributed by atoms with Gasteiger partial charge >= 0.3 is 5.97 Å². The Morgan fingerprint density at radius 1 is 1.38 bits per heavy atom. The summed E-state index contributed by atoms with van der Waals surface area (Å²) in [6.07, 6.45) is 3.05. The molecule has 4 nitrogen and oxygen atoms in total. The third-order valence-electron chi connectivity index (χ3n) is 4.03. The van der Waals surface area contributed by atoms with E-state index in [1.807, 2.05) is 24.3 Å². The minimum atomic E-state index is -0.770. The zero-order chi connectivity index (χ0) is 15.5. The summed E-state index contributed by atoms with van der Waals surface area (Å²) in [4.78, 5) is 13.4. The second-order valence-corrected chi connectivity index (χ2v) is 6.65. The lowest BCUT2D eigenvalue weighted by atomic mass is 9.86. The Balaban J connectivity index is 1.94. The molecule has 0 saturated carbocycles. The Morgan fingerprint density at radius 3 is 2.62 bits per heavy atom. The van der Waals surface area contributed by atoms with Crippen LogP contribution in [0.15, 0.2) is 24.3 Å². The van der Waals surface area contributed by atoms with Crippen LogP contribution in [0.1, 0.15) is 32.3 Å². The number of hydrogen-bond donors (Lipinski definition) is 1. The monoisotopic (exact) mass is 291 g/mol. The van der Waals surface area contributed by atoms with Gasteiger partial charge in [0.25, 0.3) is 0 Å². The van der Waals surface area contributed by atoms with Crippen LogP contribution < -0.4 is 4.74 Å². The van der Waals surface area contributed by atoms with Crippen LogP contribution in [0.25, 0.3) is 0 Å². The van der Waals surface area contributed by atoms with Crippen molar-refractivity contribution in [3.05, 3.63) is 29.8 Å². The number of ether oxygens (including phenoxy) is 1. The van der Waals surface area contributed by atoms with Gasteiger partial charge in [0.2, 0.25) is 0 Å². The Bertz CT molecular complexity index is 481. The molecule has 1 fully saturated rings. The van der Waals surface area contributed by atoms with E-state index in [0.717, 1.165) is 30.8 Å². The summed E-state index contributed by atoms with van der Waals surface area (Å²) >= 11 is 0. The fourth-order valence-electron chi connectivity index (χ4n) is 2.68. The molecule has 1 unspecified atom stereocenters. The van der Waals surface area contributed by atoms with Crippen LogP contribution >= 0.6 is 0 Å². The Labute approximate surface area is 126 Å². The molecule has 0 aliphatic carbocycles. The second kappa shape index (κ2) is 6.48. The van der Waals surface area contributed by atoms with Gasteiger partial charge in [0.1, 0.15) is 11.9 Å². The molecule has 1 aliphatic heterocycles. The minimum Gasteiger partial charge on any atom is -0.489 e. The number of nitrogens with zero attached hydrogens (tertiary/aromatic N) is 1. The Morgan fingerprint density at radius 2 is 2.05 bits per heavy atom. The molecule has 2 rings (SSSR count). The van der Waals surface area contributed by atoms with E-state index in [9.17, 15) is 4.79 Å². The van der Waals surface area contributed by atoms with Gasteiger partial charge in [-0.2, -0.15) is 0 Å². The third kappa shape index (κ3) is 4.46. The van der Waals surface area contributed by atoms with Gasteiger partial charge in [-0.15, -0.1) is 0 Å². The van der Waals surface area contributed by atoms with Gasteiger partial charge in [-0.3, -0.25) is 4.79 Å². The first kappa shape index (κ1) is 15.8. The van der Waals surface area contributed by atoms with E-state index < -0.39 is 11.4 Å². The molecule has 1 heterocycles. The highest BCUT2D eigenvalue weighted by Crippen LogP contribution is 2.24. The summed E-state index contributed by atoms with van der Waals surface area (Å²) in [7, 11) is 2.12. The zero-order valence-corrected chi connectivity index (χ0v) is 13.1. The number of piperidine rings is 1. The maximum atomic E-state index is 11.2. The van der Waals surface area contributed by atoms with E-state index in [1.54, 1.807) is 13.8 Å². The molecule has 21 heavy (non-hydrogen) atoms. The molecule has 0 amide bonds. The van der Waals surface area contributed by atoms with Crippen molar-refractivity contribution in [1.29, 1.82) is 0 Å². The number of carboxylic acids is 1. The number of likely N-dealkylation sites (tertiary alicyclic amines) is 1. The summed E-state index contributed by atoms with van der Waals surface area (Å²) in [5, 5.41) is 9.17. The molecule has 0 spiro atoms. The lowest BCUT2D eigenvalue weighted by Crippen LogP contribution is -2.38. The van der Waals surface area contributed by atoms with Crippen molar-refractivity contribution in [2.24, 2.45) is 5.41 Å². The first-order chi connectivity index (χ1) is 9.87. The number of rotatable bonds is 5. The molecule has 0 bridgehead atoms. The van der Waals surface area contributed by atoms with E-state index in [0.29, 0.717) is 6.42 Å². The number of benzene rings is 1. The minimum absolute atomic E-state index is 0.255. The van der Waals surface area contributed by atoms with Crippen molar-refractivity contribution in [1.82, 2.24) is 4.90 Å². The van der Waals surface area contributed by atoms with E-state index in [-0.39, 0.29) is 6.10 Å². The van der Waals surface area contributed by atoms with Crippen LogP contribution in [0.5, 0.6) is 5.75 Å². The van der Waals surface area contributed by atoms with Gasteiger partial charge in [-0.1, -0.05) is 12.1 Å². The van der Waals surface area contributed by atoms with Crippen molar-refractivity contribution in [2.45, 2.75) is 39.2 Å². The third-order valence-corrected chi connectivity index (χ3v) is 4.03. The molecule has 1 aromatic carbocycles. The van der Waals surface area contributed by atoms with Crippen LogP contribution in [-0.4, -0.2) is 42.2 Å². The van der Waals surface area contributed by atoms with E-state index in [4.69, 9.17) is 9.84 Å². The van der Waals surface area contributed by atoms with Crippen LogP contribution in [-0.2, 0) is 11.2 Å². The fraction of sp³-hybridized carbons (Fsp3) is 0.588. The zero-order valence-electron chi connectivity index (χ0n) is 13.1. The number of carbonyl (C=O) groups is 1. The topological polar surface area (TPSA) is 49.8 Å². The molecule has 116 valence electrons. The summed E-state index contributed by atoms with van der Waals surface area (Å²) < 4.78 is 6.00. The fourth-order valence-corrected chi connectivity index (χ4v) is 2.68. The number of hydrogen-bond acceptors (Lipinski definition) is 3. The molecule has 4 heteroatoms. The number of aliphatic carboxylic acids is 1. The predicted molar refractivity (Wildman–Crippen MR) is 82.7 cm³/mol. The predicted octanol–water partition coefficient (Wildman–Crippen LogP) is 2.81. The SMILES string of the molecule is CN1CCCC(Oc2ccc(CC(C)(C)C(=O)O)cc2)C1. The van der Waals surface area contributed by atoms with E-state index in [2.05, 4.69) is 11.9 Å². The molecule has 1 aliphatic rings. The van der Waals surface area contributed by atoms with E-state index in [1.165, 1.54) is 6.42 Å². The average Bonchev–Trinajstić information content (AvgIpc) is 2.40. The van der Waals surface area contributed by atoms with Crippen LogP contribution in [0.3, 0.4) is 0 Å². The van der Waals surface area contributed by atoms with Gasteiger partial charge in [0.15, 0.2) is 0 Å². The lowest BCUT2D eigenvalue weighted by molar-refractivity contribution is -0.146. The molecule has 1 saturated heterocycles. The second-order valence-electron chi connectivity index (χ2n) is 6.65. The first-order valence-electron chi connectivity index (χ1n) is 7.54. The van der Waals surface area contributed by atoms with Crippen molar-refractivity contribution in [2.75, 3.05) is 20.1 Å². The maximum Gasteiger partial charge on any atom is 0.309 e. The smallest absolute Gasteiger partial charge is 0.309 e. The Hall–Kier alpha value is -1.55. The molecule has 0 aromatic heterocycles. The highest BCUT2D eigenvalue weighted by molar-refractivity contribution is 5.74. The van der Waals surface area contributed by atoms with Crippen LogP contribution in [0, 0.1) is 5.41 Å². The van der Waals surface area contributed by atoms with Gasteiger partial charge in [0.05, 0.1) is 5.41 Å². The molecular formula is C17H25NO3. The molecule has 1 N–H and O–H groups in total. The number of carboxylic acid groups (broad SMARTS) is 1. The van der Waals surface area contributed by atoms with Crippen LogP contribution in [0.4, 0.5) is 0 Å². The quantitative estimate of drug-likeness (QED) is 0.906. The molecule has 1 atom stereocenters. The standard InChI is InChI=1S/C17H25NO3/c1-17(2,16(19)20)11-13-6-8-14(9-7-13)21-15-5-4-10-18(3)12-15/h6-9,15H,4-5,10-12H2,1-3H3,(H,19,20). The normalized spacial score (nSPS) is 20.2. The molecular weight excluding hydrogens is 266 g/mol. The number of likely N-dealkylation sites (N-methyl/N-ethyl adjacent to an activating group) is 1. The summed E-state index contributed by atoms with van der Waals surface area (Å²) in [6.45, 7) is 5.60. The van der Waals surface area contributed by atoms with Gasteiger partial charge in [0, 0.05) is 6.54 Å². The average molecular weight is 291 g/mol. The van der Waals surface area contributed by atoms with Gasteiger partial charge < -0.3 is 14.7 Å². The van der Waals surface area contributed by atoms with Crippen LogP contribution in [0.2, 0.25) is 0 Å². The van der Waals surface area contributed by atoms with Gasteiger partial charge in [-0.05, 0) is 64.4 Å². The van der Waals surface area contributed by atoms with Gasteiger partial charge in [-0.25, -0.2) is 0 Å². The highest BCUT2D eigenvalue weighted by atomic mass is 16.5. The maximum absolute atomic E-state index is 11.2. The van der Waals surface area contributed by atoms with Crippen molar-refractivity contribution in [3.8, 4) is 5.75 Å². The summed E-state index contributed by atoms with van der Waals surface area (Å²) in [5.74, 6) is 0.0975. The van der Waals surface area contributed by atoms with E-state index >= 15 is 0 Å². The first-order valence-corrected chi connectivity index (χ1v) is 7.54. The Kier molecular flexibility index (Phi) is 4.88. The molecule has 1 aromatic rings. The lowest BCUT2D eigenvalue weighted by Gasteiger charge is -2.30. The summed E-state index contributed by atoms with van der Waals surface area (Å²) in [6, 6.07) is 7.82. The summed E-state index contributed by atoms with van der Waals surface area (Å²) in [5.41, 5.74) is 0.282. The van der Waals surface area contributed by atoms with Crippen molar-refractivity contribution in [3.63, 3.8) is 0 Å². The highest BCUT2D eigenvalue weighted by Gasteiger charge is 2.27. The molecule has 0 radical (unpaired) electrons. The van der Waals surface area contributed by atoms with Crippen molar-refractivity contribution >= 4 is 5.97 Å².